The highest BCUT2D eigenvalue weighted by molar-refractivity contribution is 7.80. The molecule has 1 aromatic carbocycles. The molecule has 0 spiro atoms. The van der Waals surface area contributed by atoms with Crippen LogP contribution >= 0.6 is 12.6 Å². The van der Waals surface area contributed by atoms with Gasteiger partial charge in [0.25, 0.3) is 0 Å². The molecule has 1 saturated carbocycles. The van der Waals surface area contributed by atoms with Gasteiger partial charge in [0.1, 0.15) is 0 Å². The molecule has 0 aliphatic heterocycles. The molecule has 0 unspecified atom stereocenters. The van der Waals surface area contributed by atoms with Crippen molar-refractivity contribution in [1.29, 1.82) is 0 Å². The maximum Gasteiger partial charge on any atom is 0.337 e. The molecule has 1 aliphatic rings. The normalized spacial score (nSPS) is 15.7. The van der Waals surface area contributed by atoms with E-state index in [-0.39, 0.29) is 11.4 Å². The lowest BCUT2D eigenvalue weighted by molar-refractivity contribution is 0.0600. The van der Waals surface area contributed by atoms with Crippen LogP contribution in [0.1, 0.15) is 23.2 Å². The van der Waals surface area contributed by atoms with Crippen molar-refractivity contribution in [3.05, 3.63) is 23.8 Å². The molecule has 0 saturated heterocycles. The van der Waals surface area contributed by atoms with E-state index >= 15 is 0 Å². The second-order valence-corrected chi connectivity index (χ2v) is 5.12. The van der Waals surface area contributed by atoms with Crippen LogP contribution in [0.3, 0.4) is 0 Å². The van der Waals surface area contributed by atoms with Gasteiger partial charge in [-0.05, 0) is 36.8 Å². The van der Waals surface area contributed by atoms with E-state index < -0.39 is 0 Å². The van der Waals surface area contributed by atoms with E-state index in [4.69, 9.17) is 9.47 Å². The lowest BCUT2D eigenvalue weighted by Gasteiger charge is -2.16. The number of carbonyl (C=O) groups is 1. The van der Waals surface area contributed by atoms with Gasteiger partial charge < -0.3 is 14.2 Å². The number of ether oxygens (including phenoxy) is 3. The third kappa shape index (κ3) is 3.15. The molecule has 19 heavy (non-hydrogen) atoms. The molecule has 1 aromatic rings. The van der Waals surface area contributed by atoms with Crippen LogP contribution < -0.4 is 9.47 Å². The number of hydrogen-bond acceptors (Lipinski definition) is 5. The number of carbonyl (C=O) groups excluding carboxylic acids is 1. The van der Waals surface area contributed by atoms with Crippen LogP contribution in [0.25, 0.3) is 0 Å². The minimum absolute atomic E-state index is 0.217. The third-order valence-electron chi connectivity index (χ3n) is 3.41. The summed E-state index contributed by atoms with van der Waals surface area (Å²) in [4.78, 5) is 11.4. The lowest BCUT2D eigenvalue weighted by atomic mass is 10.1. The van der Waals surface area contributed by atoms with E-state index in [1.807, 2.05) is 0 Å². The number of rotatable bonds is 6. The van der Waals surface area contributed by atoms with Crippen LogP contribution in [-0.2, 0) is 4.74 Å². The van der Waals surface area contributed by atoms with Gasteiger partial charge in [0.05, 0.1) is 26.4 Å². The van der Waals surface area contributed by atoms with E-state index in [0.717, 1.165) is 18.6 Å². The molecule has 5 heteroatoms. The van der Waals surface area contributed by atoms with Crippen molar-refractivity contribution in [3.63, 3.8) is 0 Å². The van der Waals surface area contributed by atoms with Gasteiger partial charge in [0.15, 0.2) is 11.5 Å². The Bertz CT molecular complexity index is 469. The van der Waals surface area contributed by atoms with E-state index in [1.165, 1.54) is 7.11 Å². The second kappa shape index (κ2) is 5.74. The molecular formula is C14H18O4S. The van der Waals surface area contributed by atoms with Crippen molar-refractivity contribution in [2.24, 2.45) is 5.41 Å². The zero-order valence-electron chi connectivity index (χ0n) is 11.1. The standard InChI is InChI=1S/C14H18O4S/c1-16-12-7-10(13(15)17-2)3-4-11(12)18-8-14(9-19)5-6-14/h3-4,7,19H,5-6,8-9H2,1-2H3. The first kappa shape index (κ1) is 14.1. The minimum Gasteiger partial charge on any atom is -0.493 e. The highest BCUT2D eigenvalue weighted by atomic mass is 32.1. The van der Waals surface area contributed by atoms with E-state index in [2.05, 4.69) is 17.4 Å². The third-order valence-corrected chi connectivity index (χ3v) is 4.08. The first-order valence-electron chi connectivity index (χ1n) is 6.14. The van der Waals surface area contributed by atoms with Crippen molar-refractivity contribution in [2.45, 2.75) is 12.8 Å². The fraction of sp³-hybridized carbons (Fsp3) is 0.500. The van der Waals surface area contributed by atoms with Gasteiger partial charge in [0, 0.05) is 5.41 Å². The molecule has 4 nitrogen and oxygen atoms in total. The summed E-state index contributed by atoms with van der Waals surface area (Å²) >= 11 is 4.34. The molecule has 0 N–H and O–H groups in total. The van der Waals surface area contributed by atoms with Crippen LogP contribution in [0.4, 0.5) is 0 Å². The zero-order chi connectivity index (χ0) is 13.9. The van der Waals surface area contributed by atoms with E-state index in [1.54, 1.807) is 25.3 Å². The van der Waals surface area contributed by atoms with Crippen LogP contribution in [0, 0.1) is 5.41 Å². The monoisotopic (exact) mass is 282 g/mol. The summed E-state index contributed by atoms with van der Waals surface area (Å²) in [6, 6.07) is 5.03. The topological polar surface area (TPSA) is 44.8 Å². The Balaban J connectivity index is 2.10. The summed E-state index contributed by atoms with van der Waals surface area (Å²) in [5.74, 6) is 1.62. The molecule has 0 bridgehead atoms. The van der Waals surface area contributed by atoms with Crippen LogP contribution in [0.15, 0.2) is 18.2 Å². The van der Waals surface area contributed by atoms with Gasteiger partial charge in [-0.2, -0.15) is 12.6 Å². The number of hydrogen-bond donors (Lipinski definition) is 1. The van der Waals surface area contributed by atoms with Gasteiger partial charge in [-0.25, -0.2) is 4.79 Å². The number of thiol groups is 1. The largest absolute Gasteiger partial charge is 0.493 e. The van der Waals surface area contributed by atoms with E-state index in [0.29, 0.717) is 23.7 Å². The summed E-state index contributed by atoms with van der Waals surface area (Å²) in [7, 11) is 2.90. The fourth-order valence-corrected chi connectivity index (χ4v) is 2.19. The van der Waals surface area contributed by atoms with Gasteiger partial charge in [-0.1, -0.05) is 0 Å². The SMILES string of the molecule is COC(=O)c1ccc(OCC2(CS)CC2)c(OC)c1. The first-order valence-corrected chi connectivity index (χ1v) is 6.77. The van der Waals surface area contributed by atoms with Crippen molar-refractivity contribution in [2.75, 3.05) is 26.6 Å². The Labute approximate surface area is 118 Å². The van der Waals surface area contributed by atoms with Gasteiger partial charge in [-0.15, -0.1) is 0 Å². The maximum absolute atomic E-state index is 11.4. The molecule has 2 rings (SSSR count). The Morgan fingerprint density at radius 2 is 2.05 bits per heavy atom. The van der Waals surface area contributed by atoms with Gasteiger partial charge in [-0.3, -0.25) is 0 Å². The molecule has 1 aliphatic carbocycles. The lowest BCUT2D eigenvalue weighted by Crippen LogP contribution is -2.15. The quantitative estimate of drug-likeness (QED) is 0.643. The second-order valence-electron chi connectivity index (χ2n) is 4.80. The Morgan fingerprint density at radius 1 is 1.32 bits per heavy atom. The fourth-order valence-electron chi connectivity index (χ4n) is 1.79. The molecule has 0 aromatic heterocycles. The maximum atomic E-state index is 11.4. The van der Waals surface area contributed by atoms with Crippen molar-refractivity contribution in [1.82, 2.24) is 0 Å². The smallest absolute Gasteiger partial charge is 0.337 e. The summed E-state index contributed by atoms with van der Waals surface area (Å²) in [5, 5.41) is 0. The molecule has 104 valence electrons. The summed E-state index contributed by atoms with van der Waals surface area (Å²) < 4.78 is 15.7. The van der Waals surface area contributed by atoms with Crippen molar-refractivity contribution < 1.29 is 19.0 Å². The van der Waals surface area contributed by atoms with Crippen LogP contribution in [0.2, 0.25) is 0 Å². The Hall–Kier alpha value is -1.36. The molecule has 0 amide bonds. The van der Waals surface area contributed by atoms with Crippen LogP contribution in [-0.4, -0.2) is 32.5 Å². The zero-order valence-corrected chi connectivity index (χ0v) is 12.0. The van der Waals surface area contributed by atoms with Crippen molar-refractivity contribution in [3.8, 4) is 11.5 Å². The number of esters is 1. The molecule has 0 atom stereocenters. The highest BCUT2D eigenvalue weighted by Crippen LogP contribution is 2.47. The summed E-state index contributed by atoms with van der Waals surface area (Å²) in [5.41, 5.74) is 0.664. The highest BCUT2D eigenvalue weighted by Gasteiger charge is 2.42. The van der Waals surface area contributed by atoms with Crippen LogP contribution in [0.5, 0.6) is 11.5 Å². The van der Waals surface area contributed by atoms with Crippen molar-refractivity contribution >= 4 is 18.6 Å². The molecule has 0 radical (unpaired) electrons. The minimum atomic E-state index is -0.390. The summed E-state index contributed by atoms with van der Waals surface area (Å²) in [6.45, 7) is 0.629. The Morgan fingerprint density at radius 3 is 2.58 bits per heavy atom. The number of methoxy groups -OCH3 is 2. The average Bonchev–Trinajstić information content (AvgIpc) is 3.24. The average molecular weight is 282 g/mol. The predicted octanol–water partition coefficient (Wildman–Crippen LogP) is 2.57. The first-order chi connectivity index (χ1) is 9.14. The summed E-state index contributed by atoms with van der Waals surface area (Å²) in [6.07, 6.45) is 2.30. The Kier molecular flexibility index (Phi) is 4.24. The van der Waals surface area contributed by atoms with Gasteiger partial charge in [0.2, 0.25) is 0 Å². The molecular weight excluding hydrogens is 264 g/mol. The van der Waals surface area contributed by atoms with E-state index in [9.17, 15) is 4.79 Å². The molecule has 0 heterocycles. The number of benzene rings is 1. The predicted molar refractivity (Wildman–Crippen MR) is 75.3 cm³/mol. The molecule has 1 fully saturated rings. The van der Waals surface area contributed by atoms with Gasteiger partial charge >= 0.3 is 5.97 Å².